The lowest BCUT2D eigenvalue weighted by Gasteiger charge is -2.00. The summed E-state index contributed by atoms with van der Waals surface area (Å²) < 4.78 is 0. The smallest absolute Gasteiger partial charge is 0.198 e. The van der Waals surface area contributed by atoms with Gasteiger partial charge in [-0.2, -0.15) is 0 Å². The highest BCUT2D eigenvalue weighted by Gasteiger charge is 2.06. The number of nitrogen functional groups attached to an aromatic ring is 2. The number of alkyl halides is 1. The number of aromatic amines is 1. The van der Waals surface area contributed by atoms with Gasteiger partial charge in [0.25, 0.3) is 0 Å². The summed E-state index contributed by atoms with van der Waals surface area (Å²) in [5, 5.41) is 0. The first-order chi connectivity index (χ1) is 6.22. The summed E-state index contributed by atoms with van der Waals surface area (Å²) in [6.07, 6.45) is 0. The molecule has 0 aliphatic rings. The molecule has 68 valence electrons. The Morgan fingerprint density at radius 1 is 1.38 bits per heavy atom. The maximum Gasteiger partial charge on any atom is 0.198 e. The maximum atomic E-state index is 5.82. The van der Waals surface area contributed by atoms with Crippen LogP contribution in [0, 0.1) is 0 Å². The molecule has 0 fully saturated rings. The Kier molecular flexibility index (Phi) is 1.77. The normalized spacial score (nSPS) is 10.8. The van der Waals surface area contributed by atoms with Crippen molar-refractivity contribution in [3.63, 3.8) is 0 Å². The highest BCUT2D eigenvalue weighted by Crippen LogP contribution is 2.24. The Morgan fingerprint density at radius 3 is 2.85 bits per heavy atom. The highest BCUT2D eigenvalue weighted by atomic mass is 35.5. The van der Waals surface area contributed by atoms with Crippen LogP contribution in [0.3, 0.4) is 0 Å². The quantitative estimate of drug-likeness (QED) is 0.477. The van der Waals surface area contributed by atoms with Crippen LogP contribution in [0.25, 0.3) is 11.0 Å². The molecule has 1 aromatic carbocycles. The first-order valence-electron chi connectivity index (χ1n) is 3.81. The van der Waals surface area contributed by atoms with E-state index >= 15 is 0 Å². The molecule has 0 atom stereocenters. The molecule has 2 aromatic rings. The van der Waals surface area contributed by atoms with E-state index in [-0.39, 0.29) is 0 Å². The van der Waals surface area contributed by atoms with Crippen molar-refractivity contribution in [1.82, 2.24) is 9.97 Å². The van der Waals surface area contributed by atoms with Crippen LogP contribution in [-0.4, -0.2) is 9.97 Å². The van der Waals surface area contributed by atoms with E-state index < -0.39 is 0 Å². The Labute approximate surface area is 79.9 Å². The lowest BCUT2D eigenvalue weighted by Crippen LogP contribution is -1.93. The van der Waals surface area contributed by atoms with Crippen molar-refractivity contribution >= 4 is 34.3 Å². The van der Waals surface area contributed by atoms with Crippen molar-refractivity contribution in [1.29, 1.82) is 0 Å². The van der Waals surface area contributed by atoms with Crippen molar-refractivity contribution in [3.05, 3.63) is 17.7 Å². The fraction of sp³-hybridized carbons (Fsp3) is 0.125. The second-order valence-electron chi connectivity index (χ2n) is 2.79. The van der Waals surface area contributed by atoms with Gasteiger partial charge in [0.05, 0.1) is 11.2 Å². The average molecular weight is 197 g/mol. The van der Waals surface area contributed by atoms with E-state index in [1.54, 1.807) is 0 Å². The second kappa shape index (κ2) is 2.81. The molecule has 0 aliphatic heterocycles. The molecule has 2 rings (SSSR count). The molecule has 0 unspecified atom stereocenters. The van der Waals surface area contributed by atoms with Crippen LogP contribution in [0.5, 0.6) is 0 Å². The molecular weight excluding hydrogens is 188 g/mol. The Hall–Kier alpha value is -1.42. The third-order valence-electron chi connectivity index (χ3n) is 1.95. The van der Waals surface area contributed by atoms with Gasteiger partial charge in [0.1, 0.15) is 5.52 Å². The fourth-order valence-corrected chi connectivity index (χ4v) is 1.51. The summed E-state index contributed by atoms with van der Waals surface area (Å²) >= 11 is 5.69. The van der Waals surface area contributed by atoms with Crippen LogP contribution in [0.4, 0.5) is 11.6 Å². The molecule has 0 spiro atoms. The molecule has 0 saturated carbocycles. The van der Waals surface area contributed by atoms with Crippen LogP contribution < -0.4 is 11.5 Å². The Morgan fingerprint density at radius 2 is 2.15 bits per heavy atom. The molecule has 5 N–H and O–H groups in total. The van der Waals surface area contributed by atoms with E-state index in [0.717, 1.165) is 11.1 Å². The van der Waals surface area contributed by atoms with E-state index in [9.17, 15) is 0 Å². The summed E-state index contributed by atoms with van der Waals surface area (Å²) in [6, 6.07) is 3.73. The zero-order chi connectivity index (χ0) is 9.42. The number of H-pyrrole nitrogens is 1. The van der Waals surface area contributed by atoms with Gasteiger partial charge in [-0.15, -0.1) is 11.6 Å². The van der Waals surface area contributed by atoms with Crippen molar-refractivity contribution in [3.8, 4) is 0 Å². The topological polar surface area (TPSA) is 80.7 Å². The van der Waals surface area contributed by atoms with Gasteiger partial charge in [-0.3, -0.25) is 0 Å². The minimum atomic E-state index is 0.369. The zero-order valence-corrected chi connectivity index (χ0v) is 7.60. The molecule has 0 amide bonds. The largest absolute Gasteiger partial charge is 0.397 e. The van der Waals surface area contributed by atoms with Gasteiger partial charge in [-0.1, -0.05) is 6.07 Å². The Balaban J connectivity index is 2.78. The lowest BCUT2D eigenvalue weighted by atomic mass is 10.2. The summed E-state index contributed by atoms with van der Waals surface area (Å²) in [4.78, 5) is 6.95. The van der Waals surface area contributed by atoms with E-state index in [1.165, 1.54) is 0 Å². The number of benzene rings is 1. The van der Waals surface area contributed by atoms with Gasteiger partial charge in [0, 0.05) is 5.88 Å². The number of hydrogen-bond donors (Lipinski definition) is 3. The van der Waals surface area contributed by atoms with Gasteiger partial charge >= 0.3 is 0 Å². The van der Waals surface area contributed by atoms with Crippen molar-refractivity contribution < 1.29 is 0 Å². The molecule has 1 heterocycles. The average Bonchev–Trinajstić information content (AvgIpc) is 2.47. The Bertz CT molecular complexity index is 449. The van der Waals surface area contributed by atoms with Crippen LogP contribution >= 0.6 is 11.6 Å². The SMILES string of the molecule is Nc1nc2c(N)c(CCl)ccc2[nH]1. The van der Waals surface area contributed by atoms with Gasteiger partial charge in [0.2, 0.25) is 0 Å². The van der Waals surface area contributed by atoms with Crippen LogP contribution in [0.2, 0.25) is 0 Å². The van der Waals surface area contributed by atoms with Crippen molar-refractivity contribution in [2.75, 3.05) is 11.5 Å². The predicted octanol–water partition coefficient (Wildman–Crippen LogP) is 1.47. The fourth-order valence-electron chi connectivity index (χ4n) is 1.27. The third-order valence-corrected chi connectivity index (χ3v) is 2.23. The van der Waals surface area contributed by atoms with E-state index in [2.05, 4.69) is 9.97 Å². The van der Waals surface area contributed by atoms with E-state index in [1.807, 2.05) is 12.1 Å². The number of halogens is 1. The molecule has 1 aromatic heterocycles. The first-order valence-corrected chi connectivity index (χ1v) is 4.34. The number of fused-ring (bicyclic) bond motifs is 1. The number of rotatable bonds is 1. The molecule has 0 radical (unpaired) electrons. The van der Waals surface area contributed by atoms with Gasteiger partial charge in [0.15, 0.2) is 5.95 Å². The molecule has 4 nitrogen and oxygen atoms in total. The number of aromatic nitrogens is 2. The lowest BCUT2D eigenvalue weighted by molar-refractivity contribution is 1.35. The summed E-state index contributed by atoms with van der Waals surface area (Å²) in [7, 11) is 0. The molecule has 13 heavy (non-hydrogen) atoms. The summed E-state index contributed by atoms with van der Waals surface area (Å²) in [6.45, 7) is 0. The molecule has 0 aliphatic carbocycles. The standard InChI is InChI=1S/C8H9ClN4/c9-3-4-1-2-5-7(6(4)10)13-8(11)12-5/h1-2H,3,10H2,(H3,11,12,13). The molecule has 5 heteroatoms. The monoisotopic (exact) mass is 196 g/mol. The van der Waals surface area contributed by atoms with E-state index in [4.69, 9.17) is 23.1 Å². The number of anilines is 2. The molecule has 0 saturated heterocycles. The highest BCUT2D eigenvalue weighted by molar-refractivity contribution is 6.17. The number of nitrogens with two attached hydrogens (primary N) is 2. The van der Waals surface area contributed by atoms with Gasteiger partial charge in [-0.05, 0) is 11.6 Å². The van der Waals surface area contributed by atoms with Crippen LogP contribution in [0.1, 0.15) is 5.56 Å². The van der Waals surface area contributed by atoms with Gasteiger partial charge in [-0.25, -0.2) is 4.98 Å². The summed E-state index contributed by atoms with van der Waals surface area (Å²) in [5.74, 6) is 0.752. The predicted molar refractivity (Wildman–Crippen MR) is 54.5 cm³/mol. The van der Waals surface area contributed by atoms with Gasteiger partial charge < -0.3 is 16.5 Å². The number of imidazole rings is 1. The first kappa shape index (κ1) is 8.19. The molecular formula is C8H9ClN4. The van der Waals surface area contributed by atoms with Crippen molar-refractivity contribution in [2.45, 2.75) is 5.88 Å². The number of nitrogens with zero attached hydrogens (tertiary/aromatic N) is 1. The zero-order valence-electron chi connectivity index (χ0n) is 6.84. The van der Waals surface area contributed by atoms with Crippen LogP contribution in [0.15, 0.2) is 12.1 Å². The second-order valence-corrected chi connectivity index (χ2v) is 3.06. The minimum Gasteiger partial charge on any atom is -0.397 e. The molecule has 0 bridgehead atoms. The number of hydrogen-bond acceptors (Lipinski definition) is 3. The maximum absolute atomic E-state index is 5.82. The van der Waals surface area contributed by atoms with E-state index in [0.29, 0.717) is 23.0 Å². The van der Waals surface area contributed by atoms with Crippen LogP contribution in [-0.2, 0) is 5.88 Å². The number of nitrogens with one attached hydrogen (secondary N) is 1. The third kappa shape index (κ3) is 1.19. The summed E-state index contributed by atoms with van der Waals surface area (Å²) in [5.41, 5.74) is 14.3. The minimum absolute atomic E-state index is 0.369. The van der Waals surface area contributed by atoms with Crippen molar-refractivity contribution in [2.24, 2.45) is 0 Å².